The number of amides is 1. The summed E-state index contributed by atoms with van der Waals surface area (Å²) in [5.41, 5.74) is 5.10. The first kappa shape index (κ1) is 27.0. The molecule has 0 radical (unpaired) electrons. The predicted octanol–water partition coefficient (Wildman–Crippen LogP) is 6.35. The average molecular weight is 541 g/mol. The summed E-state index contributed by atoms with van der Waals surface area (Å²) in [7, 11) is 0. The van der Waals surface area contributed by atoms with E-state index in [1.165, 1.54) is 4.57 Å². The van der Waals surface area contributed by atoms with Crippen LogP contribution < -0.4 is 5.32 Å². The number of ether oxygens (including phenoxy) is 2. The van der Waals surface area contributed by atoms with Crippen molar-refractivity contribution in [2.24, 2.45) is 0 Å². The second kappa shape index (κ2) is 10.9. The van der Waals surface area contributed by atoms with E-state index in [9.17, 15) is 19.5 Å². The highest BCUT2D eigenvalue weighted by molar-refractivity contribution is 5.92. The van der Waals surface area contributed by atoms with Crippen molar-refractivity contribution in [3.05, 3.63) is 95.7 Å². The number of hydrogen-bond donors (Lipinski definition) is 2. The number of rotatable bonds is 7. The molecule has 40 heavy (non-hydrogen) atoms. The zero-order valence-corrected chi connectivity index (χ0v) is 22.7. The van der Waals surface area contributed by atoms with Crippen LogP contribution in [-0.2, 0) is 20.7 Å². The Hall–Kier alpha value is -4.59. The number of para-hydroxylation sites is 1. The first-order valence-electron chi connectivity index (χ1n) is 13.3. The van der Waals surface area contributed by atoms with Gasteiger partial charge in [0, 0.05) is 23.5 Å². The van der Waals surface area contributed by atoms with E-state index in [-0.39, 0.29) is 25.4 Å². The highest BCUT2D eigenvalue weighted by Gasteiger charge is 2.30. The molecule has 0 bridgehead atoms. The number of nitrogens with one attached hydrogen (secondary N) is 1. The minimum Gasteiger partial charge on any atom is -0.481 e. The minimum absolute atomic E-state index is 0.108. The van der Waals surface area contributed by atoms with Gasteiger partial charge in [0.05, 0.1) is 11.9 Å². The molecule has 3 aromatic carbocycles. The number of benzene rings is 3. The van der Waals surface area contributed by atoms with Gasteiger partial charge in [0.15, 0.2) is 0 Å². The summed E-state index contributed by atoms with van der Waals surface area (Å²) in [6, 6.07) is 22.7. The molecule has 8 nitrogen and oxygen atoms in total. The number of aliphatic carboxylic acids is 1. The van der Waals surface area contributed by atoms with E-state index >= 15 is 0 Å². The standard InChI is InChI=1S/C32H32N2O6/c1-32(2,3)40-31(38)34-18-20(22-10-8-9-15-28(22)34)16-21(17-29(35)36)33-30(37)39-19-27-25-13-6-4-11-23(25)24-12-5-7-14-26(24)27/h4-15,18,21,27H,16-17,19H2,1-3H3,(H,33,37)(H,35,36)/t21-/m1/s1. The summed E-state index contributed by atoms with van der Waals surface area (Å²) < 4.78 is 12.6. The summed E-state index contributed by atoms with van der Waals surface area (Å²) in [6.07, 6.45) is 0.300. The van der Waals surface area contributed by atoms with Crippen LogP contribution in [0.25, 0.3) is 22.0 Å². The molecule has 0 fully saturated rings. The lowest BCUT2D eigenvalue weighted by atomic mass is 9.98. The van der Waals surface area contributed by atoms with Gasteiger partial charge in [-0.25, -0.2) is 9.59 Å². The third kappa shape index (κ3) is 5.71. The van der Waals surface area contributed by atoms with Crippen LogP contribution in [0, 0.1) is 0 Å². The van der Waals surface area contributed by atoms with E-state index in [2.05, 4.69) is 17.4 Å². The fraction of sp³-hybridized carbons (Fsp3) is 0.281. The molecule has 1 aromatic heterocycles. The normalized spacial score (nSPS) is 13.4. The van der Waals surface area contributed by atoms with Crippen LogP contribution >= 0.6 is 0 Å². The molecular formula is C32H32N2O6. The van der Waals surface area contributed by atoms with Gasteiger partial charge in [-0.15, -0.1) is 0 Å². The minimum atomic E-state index is -1.06. The largest absolute Gasteiger partial charge is 0.481 e. The second-order valence-electron chi connectivity index (χ2n) is 11.0. The van der Waals surface area contributed by atoms with E-state index in [0.717, 1.165) is 27.6 Å². The fourth-order valence-corrected chi connectivity index (χ4v) is 5.33. The van der Waals surface area contributed by atoms with Crippen molar-refractivity contribution in [2.45, 2.75) is 51.2 Å². The third-order valence-corrected chi connectivity index (χ3v) is 6.94. The smallest absolute Gasteiger partial charge is 0.419 e. The van der Waals surface area contributed by atoms with Crippen molar-refractivity contribution < 1.29 is 29.0 Å². The van der Waals surface area contributed by atoms with E-state index < -0.39 is 29.8 Å². The molecule has 1 heterocycles. The van der Waals surface area contributed by atoms with Crippen LogP contribution in [0.15, 0.2) is 79.0 Å². The number of carbonyl (C=O) groups is 3. The molecule has 5 rings (SSSR count). The second-order valence-corrected chi connectivity index (χ2v) is 11.0. The Bertz CT molecular complexity index is 1540. The van der Waals surface area contributed by atoms with Crippen LogP contribution in [0.5, 0.6) is 0 Å². The van der Waals surface area contributed by atoms with Gasteiger partial charge in [0.25, 0.3) is 0 Å². The van der Waals surface area contributed by atoms with Crippen molar-refractivity contribution in [3.8, 4) is 11.1 Å². The van der Waals surface area contributed by atoms with Gasteiger partial charge in [-0.3, -0.25) is 9.36 Å². The molecule has 0 unspecified atom stereocenters. The molecule has 4 aromatic rings. The Morgan fingerprint density at radius 1 is 0.925 bits per heavy atom. The Labute approximate surface area is 232 Å². The van der Waals surface area contributed by atoms with Crippen molar-refractivity contribution in [1.82, 2.24) is 9.88 Å². The van der Waals surface area contributed by atoms with Crippen molar-refractivity contribution in [2.75, 3.05) is 6.61 Å². The lowest BCUT2D eigenvalue weighted by Gasteiger charge is -2.20. The van der Waals surface area contributed by atoms with Gasteiger partial charge < -0.3 is 19.9 Å². The van der Waals surface area contributed by atoms with E-state index in [4.69, 9.17) is 9.47 Å². The molecule has 206 valence electrons. The molecule has 0 spiro atoms. The van der Waals surface area contributed by atoms with Gasteiger partial charge >= 0.3 is 18.2 Å². The maximum atomic E-state index is 12.9. The van der Waals surface area contributed by atoms with Crippen molar-refractivity contribution in [3.63, 3.8) is 0 Å². The summed E-state index contributed by atoms with van der Waals surface area (Å²) in [5.74, 6) is -1.16. The zero-order chi connectivity index (χ0) is 28.4. The molecule has 1 atom stereocenters. The Morgan fingerprint density at radius 2 is 1.52 bits per heavy atom. The molecule has 1 aliphatic rings. The highest BCUT2D eigenvalue weighted by atomic mass is 16.6. The number of alkyl carbamates (subject to hydrolysis) is 1. The Balaban J connectivity index is 1.32. The maximum Gasteiger partial charge on any atom is 0.419 e. The molecule has 0 saturated heterocycles. The quantitative estimate of drug-likeness (QED) is 0.283. The Morgan fingerprint density at radius 3 is 2.15 bits per heavy atom. The molecule has 1 amide bonds. The van der Waals surface area contributed by atoms with Crippen molar-refractivity contribution >= 4 is 29.1 Å². The molecule has 1 aliphatic carbocycles. The van der Waals surface area contributed by atoms with Gasteiger partial charge in [0.1, 0.15) is 12.2 Å². The summed E-state index contributed by atoms with van der Waals surface area (Å²) in [5, 5.41) is 13.1. The molecule has 0 aliphatic heterocycles. The lowest BCUT2D eigenvalue weighted by molar-refractivity contribution is -0.137. The zero-order valence-electron chi connectivity index (χ0n) is 22.7. The summed E-state index contributed by atoms with van der Waals surface area (Å²) in [4.78, 5) is 37.5. The first-order chi connectivity index (χ1) is 19.1. The number of carboxylic acid groups (broad SMARTS) is 1. The SMILES string of the molecule is CC(C)(C)OC(=O)n1cc(C[C@H](CC(=O)O)NC(=O)OCC2c3ccccc3-c3ccccc32)c2ccccc21. The van der Waals surface area contributed by atoms with E-state index in [0.29, 0.717) is 11.1 Å². The lowest BCUT2D eigenvalue weighted by Crippen LogP contribution is -2.39. The average Bonchev–Trinajstić information content (AvgIpc) is 3.42. The fourth-order valence-electron chi connectivity index (χ4n) is 5.33. The number of hydrogen-bond acceptors (Lipinski definition) is 5. The van der Waals surface area contributed by atoms with Crippen LogP contribution in [0.1, 0.15) is 49.8 Å². The van der Waals surface area contributed by atoms with Gasteiger partial charge in [0.2, 0.25) is 0 Å². The van der Waals surface area contributed by atoms with Crippen molar-refractivity contribution in [1.29, 1.82) is 0 Å². The van der Waals surface area contributed by atoms with Gasteiger partial charge in [-0.1, -0.05) is 66.7 Å². The number of nitrogens with zero attached hydrogens (tertiary/aromatic N) is 1. The van der Waals surface area contributed by atoms with Crippen LogP contribution in [-0.4, -0.2) is 46.1 Å². The number of carbonyl (C=O) groups excluding carboxylic acids is 2. The monoisotopic (exact) mass is 540 g/mol. The summed E-state index contributed by atoms with van der Waals surface area (Å²) >= 11 is 0. The van der Waals surface area contributed by atoms with E-state index in [1.54, 1.807) is 33.0 Å². The highest BCUT2D eigenvalue weighted by Crippen LogP contribution is 2.44. The third-order valence-electron chi connectivity index (χ3n) is 6.94. The number of aromatic nitrogens is 1. The number of fused-ring (bicyclic) bond motifs is 4. The maximum absolute atomic E-state index is 12.9. The molecular weight excluding hydrogens is 508 g/mol. The van der Waals surface area contributed by atoms with E-state index in [1.807, 2.05) is 54.6 Å². The van der Waals surface area contributed by atoms with Crippen LogP contribution in [0.3, 0.4) is 0 Å². The number of carboxylic acids is 1. The molecule has 2 N–H and O–H groups in total. The first-order valence-corrected chi connectivity index (χ1v) is 13.3. The predicted molar refractivity (Wildman–Crippen MR) is 152 cm³/mol. The van der Waals surface area contributed by atoms with Crippen LogP contribution in [0.4, 0.5) is 9.59 Å². The van der Waals surface area contributed by atoms with Crippen LogP contribution in [0.2, 0.25) is 0 Å². The Kier molecular flexibility index (Phi) is 7.34. The van der Waals surface area contributed by atoms with Gasteiger partial charge in [-0.05, 0) is 61.1 Å². The summed E-state index contributed by atoms with van der Waals surface area (Å²) in [6.45, 7) is 5.49. The topological polar surface area (TPSA) is 107 Å². The molecule has 8 heteroatoms. The molecule has 0 saturated carbocycles. The van der Waals surface area contributed by atoms with Gasteiger partial charge in [-0.2, -0.15) is 0 Å².